The summed E-state index contributed by atoms with van der Waals surface area (Å²) >= 11 is 0. The van der Waals surface area contributed by atoms with E-state index in [1.807, 2.05) is 6.08 Å². The smallest absolute Gasteiger partial charge is 0.310 e. The van der Waals surface area contributed by atoms with Crippen molar-refractivity contribution >= 4 is 17.9 Å². The van der Waals surface area contributed by atoms with Crippen molar-refractivity contribution < 1.29 is 28.6 Å². The number of esters is 3. The molecular weight excluding hydrogens is 877 g/mol. The Morgan fingerprint density at radius 1 is 0.310 bits per heavy atom. The first-order chi connectivity index (χ1) is 35.0. The van der Waals surface area contributed by atoms with E-state index in [1.165, 1.54) is 128 Å². The lowest BCUT2D eigenvalue weighted by Gasteiger charge is -2.18. The number of hydrogen-bond acceptors (Lipinski definition) is 6. The highest BCUT2D eigenvalue weighted by Gasteiger charge is 2.19. The zero-order valence-corrected chi connectivity index (χ0v) is 46.2. The van der Waals surface area contributed by atoms with Gasteiger partial charge in [0.2, 0.25) is 0 Å². The first kappa shape index (κ1) is 67.1. The molecule has 0 aliphatic heterocycles. The van der Waals surface area contributed by atoms with Crippen molar-refractivity contribution in [3.05, 3.63) is 109 Å². The molecule has 0 N–H and O–H groups in total. The van der Waals surface area contributed by atoms with E-state index in [1.54, 1.807) is 6.08 Å². The highest BCUT2D eigenvalue weighted by atomic mass is 16.6. The fourth-order valence-corrected chi connectivity index (χ4v) is 7.86. The number of hydrogen-bond donors (Lipinski definition) is 0. The van der Waals surface area contributed by atoms with E-state index in [9.17, 15) is 14.4 Å². The zero-order valence-electron chi connectivity index (χ0n) is 46.2. The van der Waals surface area contributed by atoms with Crippen LogP contribution in [0, 0.1) is 0 Å². The largest absolute Gasteiger partial charge is 0.462 e. The molecule has 0 aromatic rings. The van der Waals surface area contributed by atoms with Crippen molar-refractivity contribution in [3.63, 3.8) is 0 Å². The summed E-state index contributed by atoms with van der Waals surface area (Å²) in [6, 6.07) is 0. The van der Waals surface area contributed by atoms with Gasteiger partial charge in [-0.15, -0.1) is 0 Å². The standard InChI is InChI=1S/C65H108O6/c1-4-7-10-13-16-19-22-24-26-27-28-29-30-31-32-33-34-35-36-37-39-40-43-46-49-52-55-58-64(67)70-61-62(60-69-63(66)57-54-51-48-45-42-21-18-15-12-9-6-3)71-65(68)59-56-53-50-47-44-41-38-25-23-20-17-14-11-8-5-2/h8,11,15,17-18,20,22,24-25,27-28,30-31,38,44,47,53,56,62H,4-7,9-10,12-14,16,19,21,23,26,29,32-37,39-43,45-46,48-52,54-55,57-61H2,1-3H3/b11-8-,18-15-,20-17-,24-22-,28-27-,31-30-,38-25-,47-44-,56-53-. The Bertz CT molecular complexity index is 1460. The van der Waals surface area contributed by atoms with Crippen LogP contribution in [0.3, 0.4) is 0 Å². The first-order valence-electron chi connectivity index (χ1n) is 29.4. The number of unbranched alkanes of at least 4 members (excludes halogenated alkanes) is 24. The van der Waals surface area contributed by atoms with Gasteiger partial charge < -0.3 is 14.2 Å². The number of carbonyl (C=O) groups is 3. The first-order valence-corrected chi connectivity index (χ1v) is 29.4. The van der Waals surface area contributed by atoms with Crippen molar-refractivity contribution in [2.75, 3.05) is 13.2 Å². The Hall–Kier alpha value is -3.93. The van der Waals surface area contributed by atoms with Crippen molar-refractivity contribution in [2.24, 2.45) is 0 Å². The lowest BCUT2D eigenvalue weighted by Crippen LogP contribution is -2.30. The van der Waals surface area contributed by atoms with Gasteiger partial charge in [-0.2, -0.15) is 0 Å². The van der Waals surface area contributed by atoms with E-state index in [4.69, 9.17) is 14.2 Å². The summed E-state index contributed by atoms with van der Waals surface area (Å²) in [6.07, 6.45) is 79.8. The van der Waals surface area contributed by atoms with Crippen LogP contribution in [0.15, 0.2) is 109 Å². The third-order valence-corrected chi connectivity index (χ3v) is 12.3. The molecular formula is C65H108O6. The Kier molecular flexibility index (Phi) is 55.4. The molecule has 0 amide bonds. The average molecular weight is 986 g/mol. The predicted molar refractivity (Wildman–Crippen MR) is 307 cm³/mol. The second-order valence-electron chi connectivity index (χ2n) is 19.2. The number of carbonyl (C=O) groups excluding carboxylic acids is 3. The molecule has 1 unspecified atom stereocenters. The molecule has 1 atom stereocenters. The molecule has 0 bridgehead atoms. The van der Waals surface area contributed by atoms with Crippen LogP contribution in [0.2, 0.25) is 0 Å². The number of rotatable bonds is 52. The van der Waals surface area contributed by atoms with Crippen LogP contribution in [0.4, 0.5) is 0 Å². The Balaban J connectivity index is 4.32. The minimum Gasteiger partial charge on any atom is -0.462 e. The Labute approximate surface area is 438 Å². The molecule has 6 nitrogen and oxygen atoms in total. The van der Waals surface area contributed by atoms with Gasteiger partial charge in [-0.05, 0) is 103 Å². The van der Waals surface area contributed by atoms with Crippen LogP contribution >= 0.6 is 0 Å². The topological polar surface area (TPSA) is 78.9 Å². The van der Waals surface area contributed by atoms with E-state index >= 15 is 0 Å². The maximum absolute atomic E-state index is 12.8. The Morgan fingerprint density at radius 3 is 0.986 bits per heavy atom. The Morgan fingerprint density at radius 2 is 0.606 bits per heavy atom. The predicted octanol–water partition coefficient (Wildman–Crippen LogP) is 19.9. The molecule has 0 saturated carbocycles. The van der Waals surface area contributed by atoms with Crippen LogP contribution in [0.25, 0.3) is 0 Å². The van der Waals surface area contributed by atoms with Crippen LogP contribution in [-0.4, -0.2) is 37.2 Å². The molecule has 71 heavy (non-hydrogen) atoms. The van der Waals surface area contributed by atoms with Gasteiger partial charge in [0, 0.05) is 12.8 Å². The summed E-state index contributed by atoms with van der Waals surface area (Å²) < 4.78 is 16.7. The summed E-state index contributed by atoms with van der Waals surface area (Å²) in [6.45, 7) is 6.38. The summed E-state index contributed by atoms with van der Waals surface area (Å²) in [5.74, 6) is -1.06. The fraction of sp³-hybridized carbons (Fsp3) is 0.677. The lowest BCUT2D eigenvalue weighted by atomic mass is 10.0. The number of ether oxygens (including phenoxy) is 3. The van der Waals surface area contributed by atoms with Crippen LogP contribution in [0.5, 0.6) is 0 Å². The van der Waals surface area contributed by atoms with Gasteiger partial charge in [0.1, 0.15) is 13.2 Å². The second kappa shape index (κ2) is 58.6. The van der Waals surface area contributed by atoms with Crippen LogP contribution in [-0.2, 0) is 28.6 Å². The van der Waals surface area contributed by atoms with Crippen molar-refractivity contribution in [2.45, 2.75) is 271 Å². The summed E-state index contributed by atoms with van der Waals surface area (Å²) in [4.78, 5) is 38.0. The molecule has 0 radical (unpaired) electrons. The molecule has 0 heterocycles. The second-order valence-corrected chi connectivity index (χ2v) is 19.2. The highest BCUT2D eigenvalue weighted by Crippen LogP contribution is 2.15. The SMILES string of the molecule is CC/C=C\C/C=C\C/C=C\C/C=C\C/C=C\CC(=O)OC(COC(=O)CCCCCCC/C=C\CCCC)COC(=O)CCCCCCCCCCCCCC/C=C\C/C=C\C/C=C\CCCCCCC. The molecule has 0 aromatic heterocycles. The summed E-state index contributed by atoms with van der Waals surface area (Å²) in [5, 5.41) is 0. The lowest BCUT2D eigenvalue weighted by molar-refractivity contribution is -0.166. The molecule has 6 heteroatoms. The maximum Gasteiger partial charge on any atom is 0.310 e. The van der Waals surface area contributed by atoms with E-state index in [0.29, 0.717) is 12.8 Å². The maximum atomic E-state index is 12.8. The number of allylic oxidation sites excluding steroid dienone is 17. The van der Waals surface area contributed by atoms with E-state index in [2.05, 4.69) is 118 Å². The molecule has 0 aromatic carbocycles. The van der Waals surface area contributed by atoms with E-state index in [-0.39, 0.29) is 31.6 Å². The molecule has 0 aliphatic rings. The van der Waals surface area contributed by atoms with Gasteiger partial charge in [0.15, 0.2) is 6.10 Å². The highest BCUT2D eigenvalue weighted by molar-refractivity contribution is 5.72. The van der Waals surface area contributed by atoms with Gasteiger partial charge in [-0.1, -0.05) is 252 Å². The molecule has 404 valence electrons. The van der Waals surface area contributed by atoms with Crippen molar-refractivity contribution in [1.29, 1.82) is 0 Å². The third-order valence-electron chi connectivity index (χ3n) is 12.3. The van der Waals surface area contributed by atoms with Crippen molar-refractivity contribution in [1.82, 2.24) is 0 Å². The van der Waals surface area contributed by atoms with Gasteiger partial charge in [-0.25, -0.2) is 0 Å². The van der Waals surface area contributed by atoms with Gasteiger partial charge in [0.25, 0.3) is 0 Å². The molecule has 0 aliphatic carbocycles. The molecule has 0 fully saturated rings. The molecule has 0 saturated heterocycles. The summed E-state index contributed by atoms with van der Waals surface area (Å²) in [5.41, 5.74) is 0. The average Bonchev–Trinajstić information content (AvgIpc) is 3.37. The minimum absolute atomic E-state index is 0.0925. The van der Waals surface area contributed by atoms with Crippen LogP contribution < -0.4 is 0 Å². The van der Waals surface area contributed by atoms with E-state index < -0.39 is 12.1 Å². The van der Waals surface area contributed by atoms with Gasteiger partial charge in [-0.3, -0.25) is 14.4 Å². The minimum atomic E-state index is -0.837. The van der Waals surface area contributed by atoms with Crippen LogP contribution in [0.1, 0.15) is 265 Å². The monoisotopic (exact) mass is 985 g/mol. The molecule has 0 spiro atoms. The van der Waals surface area contributed by atoms with E-state index in [0.717, 1.165) is 96.3 Å². The van der Waals surface area contributed by atoms with Gasteiger partial charge in [0.05, 0.1) is 6.42 Å². The molecule has 0 rings (SSSR count). The van der Waals surface area contributed by atoms with Crippen molar-refractivity contribution in [3.8, 4) is 0 Å². The fourth-order valence-electron chi connectivity index (χ4n) is 7.86. The quantitative estimate of drug-likeness (QED) is 0.0261. The zero-order chi connectivity index (χ0) is 51.4. The van der Waals surface area contributed by atoms with Gasteiger partial charge >= 0.3 is 17.9 Å². The summed E-state index contributed by atoms with van der Waals surface area (Å²) in [7, 11) is 0. The normalized spacial score (nSPS) is 12.9. The third kappa shape index (κ3) is 56.9.